The monoisotopic (exact) mass is 356 g/mol. The van der Waals surface area contributed by atoms with Crippen LogP contribution in [0.1, 0.15) is 38.1 Å². The number of unbranched alkanes of at least 4 members (excludes halogenated alkanes) is 1. The normalized spacial score (nSPS) is 15.3. The first-order valence-corrected chi connectivity index (χ1v) is 9.43. The highest BCUT2D eigenvalue weighted by atomic mass is 16.5. The first-order valence-electron chi connectivity index (χ1n) is 9.43. The fourth-order valence-corrected chi connectivity index (χ4v) is 3.12. The maximum atomic E-state index is 12.3. The summed E-state index contributed by atoms with van der Waals surface area (Å²) in [5.41, 5.74) is 2.13. The van der Waals surface area contributed by atoms with Gasteiger partial charge in [0.05, 0.1) is 24.5 Å². The zero-order valence-corrected chi connectivity index (χ0v) is 15.6. The molecule has 0 spiro atoms. The number of benzene rings is 1. The van der Waals surface area contributed by atoms with Gasteiger partial charge >= 0.3 is 0 Å². The molecule has 26 heavy (non-hydrogen) atoms. The Morgan fingerprint density at radius 3 is 2.88 bits per heavy atom. The Bertz CT molecular complexity index is 714. The number of carbonyl (C=O) groups excluding carboxylic acids is 1. The van der Waals surface area contributed by atoms with Crippen LogP contribution in [0.25, 0.3) is 0 Å². The largest absolute Gasteiger partial charge is 0.481 e. The van der Waals surface area contributed by atoms with Crippen LogP contribution >= 0.6 is 0 Å². The molecule has 1 atom stereocenters. The zero-order valence-electron chi connectivity index (χ0n) is 15.6. The Hall–Kier alpha value is -2.34. The molecule has 1 aliphatic rings. The van der Waals surface area contributed by atoms with Crippen molar-refractivity contribution in [3.05, 3.63) is 47.8 Å². The van der Waals surface area contributed by atoms with E-state index in [4.69, 9.17) is 4.74 Å². The molecule has 1 aliphatic heterocycles. The molecule has 1 aromatic heterocycles. The Morgan fingerprint density at radius 2 is 2.12 bits per heavy atom. The third kappa shape index (κ3) is 4.85. The lowest BCUT2D eigenvalue weighted by Crippen LogP contribution is -2.36. The quantitative estimate of drug-likeness (QED) is 0.790. The fourth-order valence-electron chi connectivity index (χ4n) is 3.12. The Kier molecular flexibility index (Phi) is 6.28. The summed E-state index contributed by atoms with van der Waals surface area (Å²) < 4.78 is 7.72. The van der Waals surface area contributed by atoms with Gasteiger partial charge < -0.3 is 10.1 Å². The minimum atomic E-state index is -0.542. The predicted octanol–water partition coefficient (Wildman–Crippen LogP) is 2.58. The van der Waals surface area contributed by atoms with Crippen molar-refractivity contribution in [2.75, 3.05) is 13.1 Å². The number of amides is 1. The number of rotatable bonds is 8. The predicted molar refractivity (Wildman–Crippen MR) is 101 cm³/mol. The first-order chi connectivity index (χ1) is 12.7. The van der Waals surface area contributed by atoms with E-state index in [1.165, 1.54) is 18.5 Å². The van der Waals surface area contributed by atoms with Crippen LogP contribution in [0.5, 0.6) is 5.75 Å². The summed E-state index contributed by atoms with van der Waals surface area (Å²) >= 11 is 0. The topological polar surface area (TPSA) is 59.4 Å². The van der Waals surface area contributed by atoms with E-state index in [9.17, 15) is 4.79 Å². The number of nitrogens with zero attached hydrogens (tertiary/aromatic N) is 3. The number of fused-ring (bicyclic) bond motifs is 1. The number of ether oxygens (including phenoxy) is 1. The second-order valence-corrected chi connectivity index (χ2v) is 6.77. The molecular formula is C20H28N4O2. The molecule has 6 nitrogen and oxygen atoms in total. The van der Waals surface area contributed by atoms with Crippen LogP contribution in [0.4, 0.5) is 0 Å². The van der Waals surface area contributed by atoms with E-state index in [0.717, 1.165) is 31.9 Å². The van der Waals surface area contributed by atoms with E-state index in [0.29, 0.717) is 12.3 Å². The molecule has 0 aliphatic carbocycles. The van der Waals surface area contributed by atoms with Crippen molar-refractivity contribution in [2.45, 2.75) is 52.4 Å². The Balaban J connectivity index is 1.49. The highest BCUT2D eigenvalue weighted by molar-refractivity contribution is 5.80. The van der Waals surface area contributed by atoms with E-state index >= 15 is 0 Å². The second-order valence-electron chi connectivity index (χ2n) is 6.77. The molecule has 0 radical (unpaired) electrons. The SMILES string of the molecule is CCCCN1CCn2nc(CNC(=O)[C@H](C)Oc3ccccc3)cc2C1. The lowest BCUT2D eigenvalue weighted by atomic mass is 10.2. The van der Waals surface area contributed by atoms with Crippen molar-refractivity contribution in [1.82, 2.24) is 20.0 Å². The van der Waals surface area contributed by atoms with Crippen molar-refractivity contribution < 1.29 is 9.53 Å². The number of hydrogen-bond acceptors (Lipinski definition) is 4. The zero-order chi connectivity index (χ0) is 18.4. The number of nitrogens with one attached hydrogen (secondary N) is 1. The molecule has 140 valence electrons. The van der Waals surface area contributed by atoms with E-state index < -0.39 is 6.10 Å². The summed E-state index contributed by atoms with van der Waals surface area (Å²) in [6.45, 7) is 8.44. The number of para-hydroxylation sites is 1. The minimum absolute atomic E-state index is 0.135. The van der Waals surface area contributed by atoms with E-state index in [2.05, 4.69) is 33.0 Å². The van der Waals surface area contributed by atoms with Crippen molar-refractivity contribution >= 4 is 5.91 Å². The summed E-state index contributed by atoms with van der Waals surface area (Å²) in [5, 5.41) is 7.54. The lowest BCUT2D eigenvalue weighted by Gasteiger charge is -2.27. The molecule has 2 aromatic rings. The summed E-state index contributed by atoms with van der Waals surface area (Å²) in [6.07, 6.45) is 1.91. The number of hydrogen-bond donors (Lipinski definition) is 1. The average Bonchev–Trinajstić information content (AvgIpc) is 3.07. The lowest BCUT2D eigenvalue weighted by molar-refractivity contribution is -0.127. The first kappa shape index (κ1) is 18.5. The maximum absolute atomic E-state index is 12.3. The van der Waals surface area contributed by atoms with Gasteiger partial charge in [-0.25, -0.2) is 0 Å². The molecule has 6 heteroatoms. The second kappa shape index (κ2) is 8.85. The van der Waals surface area contributed by atoms with Gasteiger partial charge in [-0.3, -0.25) is 14.4 Å². The maximum Gasteiger partial charge on any atom is 0.261 e. The molecule has 0 bridgehead atoms. The van der Waals surface area contributed by atoms with Crippen molar-refractivity contribution in [3.63, 3.8) is 0 Å². The Morgan fingerprint density at radius 1 is 1.31 bits per heavy atom. The van der Waals surface area contributed by atoms with Crippen molar-refractivity contribution in [2.24, 2.45) is 0 Å². The molecule has 0 saturated heterocycles. The smallest absolute Gasteiger partial charge is 0.261 e. The van der Waals surface area contributed by atoms with Gasteiger partial charge in [0.25, 0.3) is 5.91 Å². The average molecular weight is 356 g/mol. The van der Waals surface area contributed by atoms with Crippen molar-refractivity contribution in [3.8, 4) is 5.75 Å². The highest BCUT2D eigenvalue weighted by Gasteiger charge is 2.19. The van der Waals surface area contributed by atoms with E-state index in [1.807, 2.05) is 30.3 Å². The Labute approximate surface area is 155 Å². The molecule has 0 saturated carbocycles. The van der Waals surface area contributed by atoms with Crippen LogP contribution in [0.3, 0.4) is 0 Å². The molecule has 0 unspecified atom stereocenters. The third-order valence-electron chi connectivity index (χ3n) is 4.62. The van der Waals surface area contributed by atoms with Crippen LogP contribution in [0.2, 0.25) is 0 Å². The van der Waals surface area contributed by atoms with Gasteiger partial charge in [-0.2, -0.15) is 5.10 Å². The molecule has 3 rings (SSSR count). The summed E-state index contributed by atoms with van der Waals surface area (Å²) in [5.74, 6) is 0.559. The van der Waals surface area contributed by atoms with Gasteiger partial charge in [0, 0.05) is 13.1 Å². The molecule has 1 amide bonds. The van der Waals surface area contributed by atoms with Crippen LogP contribution in [0, 0.1) is 0 Å². The van der Waals surface area contributed by atoms with Gasteiger partial charge in [0.1, 0.15) is 5.75 Å². The molecule has 0 fully saturated rings. The minimum Gasteiger partial charge on any atom is -0.481 e. The summed E-state index contributed by atoms with van der Waals surface area (Å²) in [7, 11) is 0. The number of aromatic nitrogens is 2. The van der Waals surface area contributed by atoms with Crippen LogP contribution in [-0.4, -0.2) is 39.8 Å². The van der Waals surface area contributed by atoms with E-state index in [-0.39, 0.29) is 5.91 Å². The van der Waals surface area contributed by atoms with Crippen LogP contribution in [-0.2, 0) is 24.4 Å². The van der Waals surface area contributed by atoms with Gasteiger partial charge in [-0.15, -0.1) is 0 Å². The van der Waals surface area contributed by atoms with Gasteiger partial charge in [-0.1, -0.05) is 31.5 Å². The van der Waals surface area contributed by atoms with Crippen LogP contribution < -0.4 is 10.1 Å². The molecule has 1 aromatic carbocycles. The summed E-state index contributed by atoms with van der Waals surface area (Å²) in [6, 6.07) is 11.5. The van der Waals surface area contributed by atoms with Crippen molar-refractivity contribution in [1.29, 1.82) is 0 Å². The highest BCUT2D eigenvalue weighted by Crippen LogP contribution is 2.15. The summed E-state index contributed by atoms with van der Waals surface area (Å²) in [4.78, 5) is 14.7. The fraction of sp³-hybridized carbons (Fsp3) is 0.500. The number of carbonyl (C=O) groups is 1. The van der Waals surface area contributed by atoms with Gasteiger partial charge in [0.2, 0.25) is 0 Å². The molecule has 2 heterocycles. The molecule has 1 N–H and O–H groups in total. The standard InChI is InChI=1S/C20H28N4O2/c1-3-4-10-23-11-12-24-18(15-23)13-17(22-24)14-21-20(25)16(2)26-19-8-6-5-7-9-19/h5-9,13,16H,3-4,10-12,14-15H2,1-2H3,(H,21,25)/t16-/m0/s1. The van der Waals surface area contributed by atoms with Gasteiger partial charge in [0.15, 0.2) is 6.10 Å². The third-order valence-corrected chi connectivity index (χ3v) is 4.62. The van der Waals surface area contributed by atoms with Gasteiger partial charge in [-0.05, 0) is 38.1 Å². The molecular weight excluding hydrogens is 328 g/mol. The van der Waals surface area contributed by atoms with E-state index in [1.54, 1.807) is 6.92 Å². The van der Waals surface area contributed by atoms with Crippen LogP contribution in [0.15, 0.2) is 36.4 Å².